The number of rotatable bonds is 3. The van der Waals surface area contributed by atoms with Gasteiger partial charge in [0.1, 0.15) is 0 Å². The summed E-state index contributed by atoms with van der Waals surface area (Å²) in [6.45, 7) is 0.463. The van der Waals surface area contributed by atoms with Gasteiger partial charge in [0.2, 0.25) is 5.91 Å². The summed E-state index contributed by atoms with van der Waals surface area (Å²) in [6, 6.07) is 16.2. The zero-order chi connectivity index (χ0) is 19.7. The maximum atomic E-state index is 12.6. The van der Waals surface area contributed by atoms with E-state index in [1.54, 1.807) is 35.2 Å². The van der Waals surface area contributed by atoms with Crippen LogP contribution >= 0.6 is 11.6 Å². The molecule has 6 nitrogen and oxygen atoms in total. The smallest absolute Gasteiger partial charge is 0.276 e. The zero-order valence-electron chi connectivity index (χ0n) is 14.9. The number of carbonyl (C=O) groups is 2. The molecule has 0 atom stereocenters. The molecule has 2 heterocycles. The average molecular weight is 393 g/mol. The van der Waals surface area contributed by atoms with Crippen molar-refractivity contribution in [3.63, 3.8) is 0 Å². The van der Waals surface area contributed by atoms with Crippen LogP contribution in [0.3, 0.4) is 0 Å². The lowest BCUT2D eigenvalue weighted by atomic mass is 9.99. The highest BCUT2D eigenvalue weighted by molar-refractivity contribution is 6.34. The molecule has 0 aliphatic carbocycles. The van der Waals surface area contributed by atoms with Crippen LogP contribution in [0.4, 0.5) is 17.1 Å². The summed E-state index contributed by atoms with van der Waals surface area (Å²) in [5.41, 5.74) is 9.46. The number of nitrogens with zero attached hydrogens (tertiary/aromatic N) is 2. The average Bonchev–Trinajstić information content (AvgIpc) is 2.68. The number of nitrogen functional groups attached to an aromatic ring is 1. The van der Waals surface area contributed by atoms with Crippen LogP contribution in [-0.4, -0.2) is 16.8 Å². The molecule has 0 fully saturated rings. The van der Waals surface area contributed by atoms with Crippen LogP contribution in [-0.2, 0) is 17.8 Å². The number of halogens is 1. The Morgan fingerprint density at radius 1 is 1.11 bits per heavy atom. The van der Waals surface area contributed by atoms with Gasteiger partial charge in [-0.2, -0.15) is 0 Å². The van der Waals surface area contributed by atoms with Crippen molar-refractivity contribution >= 4 is 40.5 Å². The number of aromatic nitrogens is 1. The molecule has 0 saturated carbocycles. The SMILES string of the molecule is Nc1cccnc1C(=O)Nc1ccc(N2Cc3ccccc3CC2=O)c(Cl)c1. The molecule has 0 saturated heterocycles. The van der Waals surface area contributed by atoms with Gasteiger partial charge < -0.3 is 16.0 Å². The lowest BCUT2D eigenvalue weighted by molar-refractivity contribution is -0.118. The fourth-order valence-electron chi connectivity index (χ4n) is 3.22. The third kappa shape index (κ3) is 3.42. The first kappa shape index (κ1) is 18.0. The van der Waals surface area contributed by atoms with Crippen LogP contribution in [0.2, 0.25) is 5.02 Å². The third-order valence-electron chi connectivity index (χ3n) is 4.64. The van der Waals surface area contributed by atoms with Crippen molar-refractivity contribution in [2.45, 2.75) is 13.0 Å². The van der Waals surface area contributed by atoms with Gasteiger partial charge in [0, 0.05) is 11.9 Å². The Hall–Kier alpha value is -3.38. The van der Waals surface area contributed by atoms with Crippen molar-refractivity contribution in [1.29, 1.82) is 0 Å². The number of nitrogens with two attached hydrogens (primary N) is 1. The second-order valence-corrected chi connectivity index (χ2v) is 6.89. The number of benzene rings is 2. The topological polar surface area (TPSA) is 88.3 Å². The maximum Gasteiger partial charge on any atom is 0.276 e. The van der Waals surface area contributed by atoms with Gasteiger partial charge in [-0.15, -0.1) is 0 Å². The van der Waals surface area contributed by atoms with Crippen molar-refractivity contribution in [1.82, 2.24) is 4.98 Å². The highest BCUT2D eigenvalue weighted by atomic mass is 35.5. The van der Waals surface area contributed by atoms with Gasteiger partial charge in [0.15, 0.2) is 5.69 Å². The molecule has 1 aliphatic rings. The molecule has 0 spiro atoms. The lowest BCUT2D eigenvalue weighted by Gasteiger charge is -2.29. The molecule has 4 rings (SSSR count). The van der Waals surface area contributed by atoms with Gasteiger partial charge in [-0.1, -0.05) is 35.9 Å². The molecule has 140 valence electrons. The molecule has 1 aliphatic heterocycles. The van der Waals surface area contributed by atoms with E-state index in [9.17, 15) is 9.59 Å². The van der Waals surface area contributed by atoms with E-state index in [4.69, 9.17) is 17.3 Å². The molecular weight excluding hydrogens is 376 g/mol. The molecule has 28 heavy (non-hydrogen) atoms. The van der Waals surface area contributed by atoms with Crippen molar-refractivity contribution in [2.24, 2.45) is 0 Å². The van der Waals surface area contributed by atoms with Crippen LogP contribution in [0.1, 0.15) is 21.6 Å². The van der Waals surface area contributed by atoms with E-state index in [1.165, 1.54) is 6.20 Å². The molecule has 0 bridgehead atoms. The molecule has 7 heteroatoms. The number of hydrogen-bond acceptors (Lipinski definition) is 4. The van der Waals surface area contributed by atoms with Crippen LogP contribution in [0.25, 0.3) is 0 Å². The zero-order valence-corrected chi connectivity index (χ0v) is 15.6. The molecule has 0 unspecified atom stereocenters. The summed E-state index contributed by atoms with van der Waals surface area (Å²) in [5, 5.41) is 3.10. The first-order chi connectivity index (χ1) is 13.5. The van der Waals surface area contributed by atoms with Crippen molar-refractivity contribution < 1.29 is 9.59 Å². The summed E-state index contributed by atoms with van der Waals surface area (Å²) in [4.78, 5) is 30.6. The van der Waals surface area contributed by atoms with E-state index in [0.29, 0.717) is 35.1 Å². The van der Waals surface area contributed by atoms with Crippen molar-refractivity contribution in [3.05, 3.63) is 82.6 Å². The second-order valence-electron chi connectivity index (χ2n) is 6.49. The number of pyridine rings is 1. The monoisotopic (exact) mass is 392 g/mol. The summed E-state index contributed by atoms with van der Waals surface area (Å²) in [5.74, 6) is -0.441. The Kier molecular flexibility index (Phi) is 4.71. The second kappa shape index (κ2) is 7.32. The summed E-state index contributed by atoms with van der Waals surface area (Å²) >= 11 is 6.43. The Balaban J connectivity index is 1.56. The molecule has 0 radical (unpaired) electrons. The molecule has 2 amide bonds. The minimum atomic E-state index is -0.426. The van der Waals surface area contributed by atoms with E-state index < -0.39 is 5.91 Å². The van der Waals surface area contributed by atoms with E-state index >= 15 is 0 Å². The predicted octanol–water partition coefficient (Wildman–Crippen LogP) is 3.66. The number of fused-ring (bicyclic) bond motifs is 1. The Bertz CT molecular complexity index is 1080. The number of hydrogen-bond donors (Lipinski definition) is 2. The molecule has 2 aromatic carbocycles. The highest BCUT2D eigenvalue weighted by Gasteiger charge is 2.25. The van der Waals surface area contributed by atoms with Gasteiger partial charge in [0.05, 0.1) is 29.4 Å². The number of nitrogens with one attached hydrogen (secondary N) is 1. The number of carbonyl (C=O) groups excluding carboxylic acids is 2. The Morgan fingerprint density at radius 3 is 2.64 bits per heavy atom. The van der Waals surface area contributed by atoms with Crippen molar-refractivity contribution in [2.75, 3.05) is 16.0 Å². The molecule has 1 aromatic heterocycles. The normalized spacial score (nSPS) is 13.2. The van der Waals surface area contributed by atoms with Crippen LogP contribution in [0.5, 0.6) is 0 Å². The highest BCUT2D eigenvalue weighted by Crippen LogP contribution is 2.33. The summed E-state index contributed by atoms with van der Waals surface area (Å²) in [6.07, 6.45) is 1.84. The minimum absolute atomic E-state index is 0.0151. The van der Waals surface area contributed by atoms with Gasteiger partial charge in [0.25, 0.3) is 5.91 Å². The van der Waals surface area contributed by atoms with Crippen LogP contribution in [0.15, 0.2) is 60.8 Å². The lowest BCUT2D eigenvalue weighted by Crippen LogP contribution is -2.36. The number of amides is 2. The minimum Gasteiger partial charge on any atom is -0.397 e. The maximum absolute atomic E-state index is 12.6. The molecule has 3 aromatic rings. The summed E-state index contributed by atoms with van der Waals surface area (Å²) < 4.78 is 0. The Labute approximate surface area is 166 Å². The van der Waals surface area contributed by atoms with Gasteiger partial charge in [-0.3, -0.25) is 9.59 Å². The largest absolute Gasteiger partial charge is 0.397 e. The van der Waals surface area contributed by atoms with E-state index in [2.05, 4.69) is 10.3 Å². The third-order valence-corrected chi connectivity index (χ3v) is 4.94. The first-order valence-electron chi connectivity index (χ1n) is 8.71. The summed E-state index contributed by atoms with van der Waals surface area (Å²) in [7, 11) is 0. The van der Waals surface area contributed by atoms with Gasteiger partial charge in [-0.25, -0.2) is 4.98 Å². The van der Waals surface area contributed by atoms with Gasteiger partial charge >= 0.3 is 0 Å². The Morgan fingerprint density at radius 2 is 1.89 bits per heavy atom. The van der Waals surface area contributed by atoms with Gasteiger partial charge in [-0.05, 0) is 41.5 Å². The molecule has 3 N–H and O–H groups in total. The number of anilines is 3. The van der Waals surface area contributed by atoms with Crippen LogP contribution < -0.4 is 16.0 Å². The van der Waals surface area contributed by atoms with Crippen LogP contribution in [0, 0.1) is 0 Å². The standard InChI is InChI=1S/C21H17ClN4O2/c22-16-11-15(25-21(28)20-17(23)6-3-9-24-20)7-8-18(16)26-12-14-5-2-1-4-13(14)10-19(26)27/h1-9,11H,10,12,23H2,(H,25,28). The predicted molar refractivity (Wildman–Crippen MR) is 109 cm³/mol. The van der Waals surface area contributed by atoms with E-state index in [0.717, 1.165) is 11.1 Å². The van der Waals surface area contributed by atoms with E-state index in [1.807, 2.05) is 24.3 Å². The van der Waals surface area contributed by atoms with Crippen molar-refractivity contribution in [3.8, 4) is 0 Å². The fraction of sp³-hybridized carbons (Fsp3) is 0.0952. The first-order valence-corrected chi connectivity index (χ1v) is 9.09. The fourth-order valence-corrected chi connectivity index (χ4v) is 3.50. The van der Waals surface area contributed by atoms with E-state index in [-0.39, 0.29) is 11.6 Å². The quantitative estimate of drug-likeness (QED) is 0.712. The molecular formula is C21H17ClN4O2.